The maximum absolute atomic E-state index is 13.2. The van der Waals surface area contributed by atoms with Crippen LogP contribution in [0.3, 0.4) is 0 Å². The molecule has 0 atom stereocenters. The summed E-state index contributed by atoms with van der Waals surface area (Å²) >= 11 is 0. The predicted octanol–water partition coefficient (Wildman–Crippen LogP) is 4.22. The van der Waals surface area contributed by atoms with Crippen LogP contribution < -0.4 is 4.90 Å². The molecule has 6 rings (SSSR count). The van der Waals surface area contributed by atoms with Gasteiger partial charge in [-0.05, 0) is 42.5 Å². The fourth-order valence-corrected chi connectivity index (χ4v) is 7.11. The molecular formula is C28H29N7O2S. The Morgan fingerprint density at radius 2 is 1.63 bits per heavy atom. The number of aromatic nitrogens is 4. The second-order valence-corrected chi connectivity index (χ2v) is 11.8. The van der Waals surface area contributed by atoms with Crippen LogP contribution in [0, 0.1) is 11.3 Å². The monoisotopic (exact) mass is 527 g/mol. The van der Waals surface area contributed by atoms with Crippen molar-refractivity contribution >= 4 is 21.7 Å². The molecule has 3 heterocycles. The first-order chi connectivity index (χ1) is 18.5. The van der Waals surface area contributed by atoms with Gasteiger partial charge in [-0.3, -0.25) is 0 Å². The summed E-state index contributed by atoms with van der Waals surface area (Å²) in [5, 5.41) is 14.1. The SMILES string of the molecule is N#Cc1ccccc1S(=O)(=O)N1CCN(c2nc3nccc(-c4ccc(C5CCCCC5)cc4)n3n2)CC1. The second kappa shape index (κ2) is 10.2. The van der Waals surface area contributed by atoms with E-state index in [0.29, 0.717) is 30.7 Å². The molecule has 38 heavy (non-hydrogen) atoms. The minimum absolute atomic E-state index is 0.0464. The van der Waals surface area contributed by atoms with E-state index in [9.17, 15) is 13.7 Å². The standard InChI is InChI=1S/C28H29N7O2S/c29-20-24-8-4-5-9-26(24)38(36,37)34-18-16-33(17-19-34)28-31-27-30-15-14-25(35(27)32-28)23-12-10-22(11-13-23)21-6-2-1-3-7-21/h4-5,8-15,21H,1-3,6-7,16-19H2. The molecule has 10 heteroatoms. The molecule has 2 aromatic carbocycles. The molecule has 0 unspecified atom stereocenters. The van der Waals surface area contributed by atoms with Gasteiger partial charge in [-0.25, -0.2) is 13.4 Å². The lowest BCUT2D eigenvalue weighted by Gasteiger charge is -2.33. The van der Waals surface area contributed by atoms with E-state index in [-0.39, 0.29) is 23.5 Å². The fourth-order valence-electron chi connectivity index (χ4n) is 5.55. The number of hydrogen-bond donors (Lipinski definition) is 0. The summed E-state index contributed by atoms with van der Waals surface area (Å²) in [5.74, 6) is 1.69. The number of sulfonamides is 1. The van der Waals surface area contributed by atoms with Gasteiger partial charge in [0.2, 0.25) is 16.0 Å². The summed E-state index contributed by atoms with van der Waals surface area (Å²) in [6, 6.07) is 19.0. The van der Waals surface area contributed by atoms with Gasteiger partial charge in [-0.1, -0.05) is 55.7 Å². The van der Waals surface area contributed by atoms with Crippen LogP contribution in [0.15, 0.2) is 65.7 Å². The molecule has 0 amide bonds. The molecule has 0 radical (unpaired) electrons. The number of anilines is 1. The maximum atomic E-state index is 13.2. The molecule has 2 aromatic heterocycles. The smallest absolute Gasteiger partial charge is 0.254 e. The van der Waals surface area contributed by atoms with Crippen molar-refractivity contribution in [3.05, 3.63) is 71.9 Å². The highest BCUT2D eigenvalue weighted by Gasteiger charge is 2.31. The van der Waals surface area contributed by atoms with Crippen molar-refractivity contribution < 1.29 is 8.42 Å². The molecule has 1 saturated heterocycles. The third-order valence-corrected chi connectivity index (χ3v) is 9.62. The third-order valence-electron chi connectivity index (χ3n) is 7.66. The van der Waals surface area contributed by atoms with Crippen molar-refractivity contribution in [3.8, 4) is 17.3 Å². The largest absolute Gasteiger partial charge is 0.337 e. The zero-order valence-electron chi connectivity index (χ0n) is 21.1. The average molecular weight is 528 g/mol. The van der Waals surface area contributed by atoms with E-state index in [2.05, 4.69) is 34.2 Å². The quantitative estimate of drug-likeness (QED) is 0.382. The van der Waals surface area contributed by atoms with Crippen LogP contribution in [0.1, 0.15) is 49.1 Å². The van der Waals surface area contributed by atoms with Gasteiger partial charge >= 0.3 is 0 Å². The minimum Gasteiger partial charge on any atom is -0.337 e. The Labute approximate surface area is 222 Å². The van der Waals surface area contributed by atoms with Crippen LogP contribution in [-0.2, 0) is 10.0 Å². The highest BCUT2D eigenvalue weighted by atomic mass is 32.2. The number of nitriles is 1. The van der Waals surface area contributed by atoms with Gasteiger partial charge in [0.1, 0.15) is 6.07 Å². The normalized spacial score (nSPS) is 17.5. The lowest BCUT2D eigenvalue weighted by molar-refractivity contribution is 0.382. The number of benzene rings is 2. The van der Waals surface area contributed by atoms with Gasteiger partial charge in [0.05, 0.1) is 16.2 Å². The number of nitrogens with zero attached hydrogens (tertiary/aromatic N) is 7. The summed E-state index contributed by atoms with van der Waals surface area (Å²) in [7, 11) is -3.76. The molecule has 2 fully saturated rings. The lowest BCUT2D eigenvalue weighted by atomic mass is 9.84. The highest BCUT2D eigenvalue weighted by molar-refractivity contribution is 7.89. The zero-order chi connectivity index (χ0) is 26.1. The van der Waals surface area contributed by atoms with Crippen LogP contribution in [0.25, 0.3) is 17.0 Å². The molecule has 1 aliphatic carbocycles. The van der Waals surface area contributed by atoms with Crippen LogP contribution >= 0.6 is 0 Å². The van der Waals surface area contributed by atoms with Crippen molar-refractivity contribution in [3.63, 3.8) is 0 Å². The average Bonchev–Trinajstić information content (AvgIpc) is 3.42. The Bertz CT molecular complexity index is 1590. The van der Waals surface area contributed by atoms with Crippen LogP contribution in [0.4, 0.5) is 5.95 Å². The van der Waals surface area contributed by atoms with Crippen molar-refractivity contribution in [2.24, 2.45) is 0 Å². The topological polar surface area (TPSA) is 107 Å². The van der Waals surface area contributed by atoms with Gasteiger partial charge < -0.3 is 4.90 Å². The second-order valence-electron chi connectivity index (χ2n) is 9.91. The van der Waals surface area contributed by atoms with Gasteiger partial charge in [0.15, 0.2) is 0 Å². The Kier molecular flexibility index (Phi) is 6.55. The lowest BCUT2D eigenvalue weighted by Crippen LogP contribution is -2.49. The summed E-state index contributed by atoms with van der Waals surface area (Å²) in [6.45, 7) is 1.44. The molecule has 4 aromatic rings. The predicted molar refractivity (Wildman–Crippen MR) is 144 cm³/mol. The number of fused-ring (bicyclic) bond motifs is 1. The van der Waals surface area contributed by atoms with Crippen molar-refractivity contribution in [1.29, 1.82) is 5.26 Å². The summed E-state index contributed by atoms with van der Waals surface area (Å²) < 4.78 is 29.6. The van der Waals surface area contributed by atoms with E-state index >= 15 is 0 Å². The molecular weight excluding hydrogens is 498 g/mol. The molecule has 0 bridgehead atoms. The van der Waals surface area contributed by atoms with E-state index < -0.39 is 10.0 Å². The minimum atomic E-state index is -3.76. The van der Waals surface area contributed by atoms with E-state index in [0.717, 1.165) is 11.3 Å². The molecule has 1 aliphatic heterocycles. The number of hydrogen-bond acceptors (Lipinski definition) is 7. The molecule has 2 aliphatic rings. The Morgan fingerprint density at radius 1 is 0.895 bits per heavy atom. The number of rotatable bonds is 5. The van der Waals surface area contributed by atoms with E-state index in [1.807, 2.05) is 17.0 Å². The van der Waals surface area contributed by atoms with Crippen molar-refractivity contribution in [1.82, 2.24) is 23.9 Å². The Balaban J connectivity index is 1.20. The molecule has 1 saturated carbocycles. The molecule has 0 N–H and O–H groups in total. The van der Waals surface area contributed by atoms with Crippen LogP contribution in [-0.4, -0.2) is 58.5 Å². The van der Waals surface area contributed by atoms with Gasteiger partial charge in [-0.2, -0.15) is 19.1 Å². The van der Waals surface area contributed by atoms with Crippen molar-refractivity contribution in [2.45, 2.75) is 42.9 Å². The maximum Gasteiger partial charge on any atom is 0.254 e. The van der Waals surface area contributed by atoms with Gasteiger partial charge in [0, 0.05) is 37.9 Å². The zero-order valence-corrected chi connectivity index (χ0v) is 21.9. The number of piperazine rings is 1. The van der Waals surface area contributed by atoms with Crippen LogP contribution in [0.5, 0.6) is 0 Å². The first kappa shape index (κ1) is 24.5. The van der Waals surface area contributed by atoms with E-state index in [4.69, 9.17) is 5.10 Å². The Morgan fingerprint density at radius 3 is 2.37 bits per heavy atom. The highest BCUT2D eigenvalue weighted by Crippen LogP contribution is 2.33. The first-order valence-corrected chi connectivity index (χ1v) is 14.5. The third kappa shape index (κ3) is 4.52. The first-order valence-electron chi connectivity index (χ1n) is 13.1. The van der Waals surface area contributed by atoms with Gasteiger partial charge in [-0.15, -0.1) is 5.10 Å². The summed E-state index contributed by atoms with van der Waals surface area (Å²) in [4.78, 5) is 11.1. The fraction of sp³-hybridized carbons (Fsp3) is 0.357. The van der Waals surface area contributed by atoms with Crippen molar-refractivity contribution in [2.75, 3.05) is 31.1 Å². The van der Waals surface area contributed by atoms with Gasteiger partial charge in [0.25, 0.3) is 5.78 Å². The van der Waals surface area contributed by atoms with E-state index in [1.165, 1.54) is 54.1 Å². The molecule has 194 valence electrons. The summed E-state index contributed by atoms with van der Waals surface area (Å²) in [6.07, 6.45) is 8.25. The summed E-state index contributed by atoms with van der Waals surface area (Å²) in [5.41, 5.74) is 3.53. The molecule has 9 nitrogen and oxygen atoms in total. The Hall–Kier alpha value is -3.81. The van der Waals surface area contributed by atoms with Crippen LogP contribution in [0.2, 0.25) is 0 Å². The van der Waals surface area contributed by atoms with E-state index in [1.54, 1.807) is 22.8 Å². The molecule has 0 spiro atoms.